The summed E-state index contributed by atoms with van der Waals surface area (Å²) in [5.74, 6) is 0.801. The number of carbonyl (C=O) groups excluding carboxylic acids is 1. The smallest absolute Gasteiger partial charge is 0.221 e. The number of hydrogen-bond donors (Lipinski definition) is 2. The number of ether oxygens (including phenoxy) is 1. The van der Waals surface area contributed by atoms with Crippen molar-refractivity contribution in [1.82, 2.24) is 5.32 Å². The van der Waals surface area contributed by atoms with E-state index < -0.39 is 0 Å². The Balaban J connectivity index is 2.21. The molecule has 0 bridgehead atoms. The van der Waals surface area contributed by atoms with Gasteiger partial charge in [-0.1, -0.05) is 6.07 Å². The van der Waals surface area contributed by atoms with Crippen LogP contribution in [-0.2, 0) is 4.79 Å². The van der Waals surface area contributed by atoms with E-state index in [-0.39, 0.29) is 5.91 Å². The van der Waals surface area contributed by atoms with Crippen molar-refractivity contribution in [3.63, 3.8) is 0 Å². The van der Waals surface area contributed by atoms with Crippen LogP contribution in [0.3, 0.4) is 0 Å². The third-order valence-electron chi connectivity index (χ3n) is 3.00. The van der Waals surface area contributed by atoms with Crippen molar-refractivity contribution in [2.45, 2.75) is 13.3 Å². The predicted molar refractivity (Wildman–Crippen MR) is 71.9 cm³/mol. The van der Waals surface area contributed by atoms with Crippen LogP contribution in [0.1, 0.15) is 13.3 Å². The molecule has 2 rings (SSSR count). The van der Waals surface area contributed by atoms with Crippen LogP contribution in [0.15, 0.2) is 18.2 Å². The molecule has 1 fully saturated rings. The van der Waals surface area contributed by atoms with E-state index in [9.17, 15) is 4.79 Å². The summed E-state index contributed by atoms with van der Waals surface area (Å²) in [6, 6.07) is 5.76. The molecule has 0 radical (unpaired) electrons. The summed E-state index contributed by atoms with van der Waals surface area (Å²) in [7, 11) is 0. The third kappa shape index (κ3) is 2.67. The summed E-state index contributed by atoms with van der Waals surface area (Å²) < 4.78 is 5.49. The first kappa shape index (κ1) is 12.5. The molecule has 1 aromatic carbocycles. The van der Waals surface area contributed by atoms with Gasteiger partial charge in [0.15, 0.2) is 0 Å². The quantitative estimate of drug-likeness (QED) is 0.784. The van der Waals surface area contributed by atoms with Gasteiger partial charge in [0.05, 0.1) is 18.0 Å². The Morgan fingerprint density at radius 1 is 1.44 bits per heavy atom. The van der Waals surface area contributed by atoms with Gasteiger partial charge in [-0.25, -0.2) is 0 Å². The normalized spacial score (nSPS) is 16.1. The number of para-hydroxylation sites is 1. The van der Waals surface area contributed by atoms with E-state index in [1.807, 2.05) is 25.1 Å². The molecule has 1 heterocycles. The minimum Gasteiger partial charge on any atom is -0.492 e. The van der Waals surface area contributed by atoms with Gasteiger partial charge in [0.1, 0.15) is 5.75 Å². The average Bonchev–Trinajstić information content (AvgIpc) is 2.57. The number of benzene rings is 1. The number of nitrogens with zero attached hydrogens (tertiary/aromatic N) is 1. The molecule has 0 aromatic heterocycles. The molecule has 3 N–H and O–H groups in total. The number of amides is 1. The fraction of sp³-hybridized carbons (Fsp3) is 0.462. The average molecular weight is 249 g/mol. The second-order valence-corrected chi connectivity index (χ2v) is 4.21. The first-order valence-electron chi connectivity index (χ1n) is 6.25. The number of rotatable bonds is 3. The molecule has 1 amide bonds. The lowest BCUT2D eigenvalue weighted by molar-refractivity contribution is -0.120. The molecule has 1 saturated heterocycles. The number of carbonyl (C=O) groups is 1. The summed E-state index contributed by atoms with van der Waals surface area (Å²) in [5, 5.41) is 2.85. The highest BCUT2D eigenvalue weighted by atomic mass is 16.5. The molecule has 0 unspecified atom stereocenters. The first-order chi connectivity index (χ1) is 8.72. The lowest BCUT2D eigenvalue weighted by Crippen LogP contribution is -2.29. The van der Waals surface area contributed by atoms with Gasteiger partial charge in [0, 0.05) is 26.1 Å². The van der Waals surface area contributed by atoms with E-state index in [2.05, 4.69) is 10.2 Å². The largest absolute Gasteiger partial charge is 0.492 e. The molecule has 0 spiro atoms. The van der Waals surface area contributed by atoms with Crippen molar-refractivity contribution in [2.24, 2.45) is 0 Å². The number of nitrogens with one attached hydrogen (secondary N) is 1. The fourth-order valence-electron chi connectivity index (χ4n) is 2.10. The summed E-state index contributed by atoms with van der Waals surface area (Å²) in [4.78, 5) is 13.4. The van der Waals surface area contributed by atoms with Crippen LogP contribution >= 0.6 is 0 Å². The zero-order chi connectivity index (χ0) is 13.0. The summed E-state index contributed by atoms with van der Waals surface area (Å²) in [6.07, 6.45) is 0.498. The maximum atomic E-state index is 11.3. The van der Waals surface area contributed by atoms with Gasteiger partial charge in [-0.3, -0.25) is 4.79 Å². The molecule has 18 heavy (non-hydrogen) atoms. The predicted octanol–water partition coefficient (Wildman–Crippen LogP) is 0.994. The van der Waals surface area contributed by atoms with Gasteiger partial charge in [0.25, 0.3) is 0 Å². The van der Waals surface area contributed by atoms with Gasteiger partial charge < -0.3 is 20.7 Å². The minimum absolute atomic E-state index is 0.0945. The van der Waals surface area contributed by atoms with Crippen LogP contribution in [0.4, 0.5) is 11.4 Å². The second-order valence-electron chi connectivity index (χ2n) is 4.21. The van der Waals surface area contributed by atoms with Crippen molar-refractivity contribution >= 4 is 17.3 Å². The van der Waals surface area contributed by atoms with Crippen molar-refractivity contribution < 1.29 is 9.53 Å². The van der Waals surface area contributed by atoms with Gasteiger partial charge in [-0.05, 0) is 19.1 Å². The van der Waals surface area contributed by atoms with Crippen molar-refractivity contribution in [3.05, 3.63) is 18.2 Å². The molecule has 0 aliphatic carbocycles. The zero-order valence-corrected chi connectivity index (χ0v) is 10.6. The maximum Gasteiger partial charge on any atom is 0.221 e. The van der Waals surface area contributed by atoms with Gasteiger partial charge in [-0.2, -0.15) is 0 Å². The van der Waals surface area contributed by atoms with E-state index >= 15 is 0 Å². The Kier molecular flexibility index (Phi) is 3.92. The molecule has 5 nitrogen and oxygen atoms in total. The monoisotopic (exact) mass is 249 g/mol. The summed E-state index contributed by atoms with van der Waals surface area (Å²) in [5.41, 5.74) is 7.70. The first-order valence-corrected chi connectivity index (χ1v) is 6.25. The highest BCUT2D eigenvalue weighted by Crippen LogP contribution is 2.32. The molecule has 1 aliphatic heterocycles. The molecule has 98 valence electrons. The maximum absolute atomic E-state index is 11.3. The van der Waals surface area contributed by atoms with Gasteiger partial charge >= 0.3 is 0 Å². The van der Waals surface area contributed by atoms with Crippen LogP contribution in [0.5, 0.6) is 5.75 Å². The van der Waals surface area contributed by atoms with Crippen LogP contribution in [-0.4, -0.2) is 32.1 Å². The van der Waals surface area contributed by atoms with Crippen LogP contribution in [0.2, 0.25) is 0 Å². The van der Waals surface area contributed by atoms with E-state index in [0.717, 1.165) is 12.2 Å². The van der Waals surface area contributed by atoms with E-state index in [0.29, 0.717) is 37.6 Å². The summed E-state index contributed by atoms with van der Waals surface area (Å²) >= 11 is 0. The van der Waals surface area contributed by atoms with E-state index in [1.54, 1.807) is 0 Å². The van der Waals surface area contributed by atoms with E-state index in [4.69, 9.17) is 10.5 Å². The number of hydrogen-bond acceptors (Lipinski definition) is 4. The van der Waals surface area contributed by atoms with Crippen LogP contribution in [0.25, 0.3) is 0 Å². The number of anilines is 2. The lowest BCUT2D eigenvalue weighted by Gasteiger charge is -2.24. The topological polar surface area (TPSA) is 67.6 Å². The van der Waals surface area contributed by atoms with E-state index in [1.165, 1.54) is 0 Å². The fourth-order valence-corrected chi connectivity index (χ4v) is 2.10. The zero-order valence-electron chi connectivity index (χ0n) is 10.6. The standard InChI is InChI=1S/C13H19N3O2/c1-2-18-11-5-3-4-10(13(11)14)16-8-6-12(17)15-7-9-16/h3-5H,2,6-9,14H2,1H3,(H,15,17). The second kappa shape index (κ2) is 5.62. The highest BCUT2D eigenvalue weighted by molar-refractivity contribution is 5.79. The molecule has 0 atom stereocenters. The van der Waals surface area contributed by atoms with Crippen molar-refractivity contribution in [2.75, 3.05) is 36.9 Å². The molecule has 0 saturated carbocycles. The molecular weight excluding hydrogens is 230 g/mol. The van der Waals surface area contributed by atoms with Crippen LogP contribution < -0.4 is 20.7 Å². The lowest BCUT2D eigenvalue weighted by atomic mass is 10.2. The highest BCUT2D eigenvalue weighted by Gasteiger charge is 2.17. The Bertz CT molecular complexity index is 434. The number of nitrogen functional groups attached to an aromatic ring is 1. The molecular formula is C13H19N3O2. The summed E-state index contributed by atoms with van der Waals surface area (Å²) in [6.45, 7) is 4.63. The molecule has 1 aromatic rings. The minimum atomic E-state index is 0.0945. The Hall–Kier alpha value is -1.91. The molecule has 5 heteroatoms. The molecule has 1 aliphatic rings. The van der Waals surface area contributed by atoms with Gasteiger partial charge in [0.2, 0.25) is 5.91 Å². The van der Waals surface area contributed by atoms with Crippen LogP contribution in [0, 0.1) is 0 Å². The Morgan fingerprint density at radius 3 is 3.06 bits per heavy atom. The van der Waals surface area contributed by atoms with Crippen molar-refractivity contribution in [1.29, 1.82) is 0 Å². The number of nitrogens with two attached hydrogens (primary N) is 1. The van der Waals surface area contributed by atoms with Crippen molar-refractivity contribution in [3.8, 4) is 5.75 Å². The Morgan fingerprint density at radius 2 is 2.28 bits per heavy atom. The van der Waals surface area contributed by atoms with Gasteiger partial charge in [-0.15, -0.1) is 0 Å². The SMILES string of the molecule is CCOc1cccc(N2CCNC(=O)CC2)c1N. The third-order valence-corrected chi connectivity index (χ3v) is 3.00. The Labute approximate surface area is 107 Å².